The zero-order chi connectivity index (χ0) is 13.9. The fourth-order valence-electron chi connectivity index (χ4n) is 2.35. The molecule has 2 amide bonds. The molecule has 1 rings (SSSR count). The summed E-state index contributed by atoms with van der Waals surface area (Å²) in [7, 11) is 0. The zero-order valence-corrected chi connectivity index (χ0v) is 11.6. The predicted molar refractivity (Wildman–Crippen MR) is 70.6 cm³/mol. The summed E-state index contributed by atoms with van der Waals surface area (Å²) < 4.78 is 0. The smallest absolute Gasteiger partial charge is 0.246 e. The number of carbonyl (C=O) groups excluding carboxylic acids is 2. The minimum Gasteiger partial charge on any atom is -0.343 e. The molecule has 0 aromatic carbocycles. The van der Waals surface area contributed by atoms with Crippen LogP contribution in [0.2, 0.25) is 0 Å². The number of nitrogens with zero attached hydrogens (tertiary/aromatic N) is 1. The van der Waals surface area contributed by atoms with Gasteiger partial charge >= 0.3 is 0 Å². The second-order valence-electron chi connectivity index (χ2n) is 5.37. The fourth-order valence-corrected chi connectivity index (χ4v) is 2.35. The Kier molecular flexibility index (Phi) is 4.77. The van der Waals surface area contributed by atoms with E-state index in [9.17, 15) is 9.59 Å². The van der Waals surface area contributed by atoms with Crippen molar-refractivity contribution < 1.29 is 9.59 Å². The van der Waals surface area contributed by atoms with Crippen LogP contribution >= 0.6 is 0 Å². The fraction of sp³-hybridized carbons (Fsp3) is 0.714. The van der Waals surface area contributed by atoms with Crippen LogP contribution < -0.4 is 5.32 Å². The molecule has 18 heavy (non-hydrogen) atoms. The molecule has 4 nitrogen and oxygen atoms in total. The summed E-state index contributed by atoms with van der Waals surface area (Å²) in [5, 5.41) is 2.79. The van der Waals surface area contributed by atoms with E-state index < -0.39 is 12.1 Å². The van der Waals surface area contributed by atoms with Crippen LogP contribution in [0.25, 0.3) is 0 Å². The molecule has 1 heterocycles. The van der Waals surface area contributed by atoms with Gasteiger partial charge in [-0.3, -0.25) is 9.59 Å². The zero-order valence-electron chi connectivity index (χ0n) is 11.6. The third kappa shape index (κ3) is 3.04. The van der Waals surface area contributed by atoms with Gasteiger partial charge in [0.1, 0.15) is 12.1 Å². The van der Waals surface area contributed by atoms with Crippen LogP contribution in [0.4, 0.5) is 0 Å². The molecule has 0 bridgehead atoms. The van der Waals surface area contributed by atoms with Crippen molar-refractivity contribution in [2.45, 2.75) is 58.7 Å². The molecule has 0 aromatic heterocycles. The lowest BCUT2D eigenvalue weighted by Gasteiger charge is -2.41. The van der Waals surface area contributed by atoms with Gasteiger partial charge in [-0.15, -0.1) is 12.3 Å². The van der Waals surface area contributed by atoms with Gasteiger partial charge in [0.25, 0.3) is 0 Å². The standard InChI is InChI=1S/C14H22N2O2/c1-6-7-10(4)16-11(5)13(17)15-12(14(16)18)8-9(2)3/h1,9-12H,7-8H2,2-5H3,(H,15,17). The van der Waals surface area contributed by atoms with E-state index >= 15 is 0 Å². The summed E-state index contributed by atoms with van der Waals surface area (Å²) in [4.78, 5) is 25.9. The van der Waals surface area contributed by atoms with Crippen molar-refractivity contribution in [2.24, 2.45) is 5.92 Å². The summed E-state index contributed by atoms with van der Waals surface area (Å²) in [6, 6.07) is -0.948. The molecule has 0 saturated carbocycles. The number of hydrogen-bond donors (Lipinski definition) is 1. The average Bonchev–Trinajstić information content (AvgIpc) is 2.26. The quantitative estimate of drug-likeness (QED) is 0.761. The van der Waals surface area contributed by atoms with Gasteiger partial charge in [0, 0.05) is 12.5 Å². The maximum atomic E-state index is 12.4. The highest BCUT2D eigenvalue weighted by Gasteiger charge is 2.40. The van der Waals surface area contributed by atoms with Crippen LogP contribution in [-0.4, -0.2) is 34.8 Å². The predicted octanol–water partition coefficient (Wildman–Crippen LogP) is 1.16. The Labute approximate surface area is 109 Å². The molecule has 1 aliphatic heterocycles. The second-order valence-corrected chi connectivity index (χ2v) is 5.37. The molecule has 0 aromatic rings. The Morgan fingerprint density at radius 1 is 1.39 bits per heavy atom. The summed E-state index contributed by atoms with van der Waals surface area (Å²) in [6.07, 6.45) is 6.42. The minimum atomic E-state index is -0.440. The number of amides is 2. The number of nitrogens with one attached hydrogen (secondary N) is 1. The maximum absolute atomic E-state index is 12.4. The van der Waals surface area contributed by atoms with Crippen molar-refractivity contribution >= 4 is 11.8 Å². The highest BCUT2D eigenvalue weighted by Crippen LogP contribution is 2.19. The van der Waals surface area contributed by atoms with Gasteiger partial charge in [0.05, 0.1) is 0 Å². The van der Waals surface area contributed by atoms with Crippen LogP contribution in [-0.2, 0) is 9.59 Å². The van der Waals surface area contributed by atoms with E-state index in [1.54, 1.807) is 11.8 Å². The van der Waals surface area contributed by atoms with E-state index in [2.05, 4.69) is 11.2 Å². The number of piperazine rings is 1. The van der Waals surface area contributed by atoms with Crippen molar-refractivity contribution in [2.75, 3.05) is 0 Å². The summed E-state index contributed by atoms with van der Waals surface area (Å²) in [5.41, 5.74) is 0. The molecule has 0 aliphatic carbocycles. The van der Waals surface area contributed by atoms with Crippen LogP contribution in [0.1, 0.15) is 40.5 Å². The number of rotatable bonds is 4. The van der Waals surface area contributed by atoms with E-state index in [4.69, 9.17) is 6.42 Å². The molecule has 1 aliphatic rings. The van der Waals surface area contributed by atoms with Crippen LogP contribution in [0.15, 0.2) is 0 Å². The minimum absolute atomic E-state index is 0.0152. The highest BCUT2D eigenvalue weighted by molar-refractivity contribution is 5.96. The largest absolute Gasteiger partial charge is 0.343 e. The van der Waals surface area contributed by atoms with E-state index in [-0.39, 0.29) is 17.9 Å². The van der Waals surface area contributed by atoms with E-state index in [1.165, 1.54) is 0 Å². The molecule has 1 saturated heterocycles. The maximum Gasteiger partial charge on any atom is 0.246 e. The third-order valence-corrected chi connectivity index (χ3v) is 3.26. The van der Waals surface area contributed by atoms with Crippen molar-refractivity contribution in [1.82, 2.24) is 10.2 Å². The van der Waals surface area contributed by atoms with Crippen LogP contribution in [0, 0.1) is 18.3 Å². The Morgan fingerprint density at radius 3 is 2.50 bits per heavy atom. The van der Waals surface area contributed by atoms with Crippen LogP contribution in [0.5, 0.6) is 0 Å². The van der Waals surface area contributed by atoms with E-state index in [1.807, 2.05) is 20.8 Å². The van der Waals surface area contributed by atoms with Crippen molar-refractivity contribution in [3.8, 4) is 12.3 Å². The first-order valence-electron chi connectivity index (χ1n) is 6.44. The third-order valence-electron chi connectivity index (χ3n) is 3.26. The van der Waals surface area contributed by atoms with Gasteiger partial charge < -0.3 is 10.2 Å². The lowest BCUT2D eigenvalue weighted by molar-refractivity contribution is -0.151. The van der Waals surface area contributed by atoms with Gasteiger partial charge in [-0.1, -0.05) is 13.8 Å². The van der Waals surface area contributed by atoms with Gasteiger partial charge in [0.2, 0.25) is 11.8 Å². The first-order chi connectivity index (χ1) is 8.38. The van der Waals surface area contributed by atoms with Gasteiger partial charge in [-0.05, 0) is 26.2 Å². The molecule has 3 atom stereocenters. The lowest BCUT2D eigenvalue weighted by Crippen LogP contribution is -2.64. The Hall–Kier alpha value is -1.50. The first-order valence-corrected chi connectivity index (χ1v) is 6.44. The molecular formula is C14H22N2O2. The van der Waals surface area contributed by atoms with Crippen molar-refractivity contribution in [3.63, 3.8) is 0 Å². The van der Waals surface area contributed by atoms with Crippen molar-refractivity contribution in [3.05, 3.63) is 0 Å². The molecule has 0 spiro atoms. The van der Waals surface area contributed by atoms with Gasteiger partial charge in [0.15, 0.2) is 0 Å². The highest BCUT2D eigenvalue weighted by atomic mass is 16.2. The van der Waals surface area contributed by atoms with Crippen molar-refractivity contribution in [1.29, 1.82) is 0 Å². The molecule has 1 fully saturated rings. The monoisotopic (exact) mass is 250 g/mol. The lowest BCUT2D eigenvalue weighted by atomic mass is 9.97. The molecule has 4 heteroatoms. The SMILES string of the molecule is C#CCC(C)N1C(=O)C(CC(C)C)NC(=O)C1C. The van der Waals surface area contributed by atoms with Crippen LogP contribution in [0.3, 0.4) is 0 Å². The Balaban J connectivity index is 2.89. The number of terminal acetylenes is 1. The molecule has 3 unspecified atom stereocenters. The molecule has 1 N–H and O–H groups in total. The molecule has 100 valence electrons. The summed E-state index contributed by atoms with van der Waals surface area (Å²) in [5.74, 6) is 2.80. The summed E-state index contributed by atoms with van der Waals surface area (Å²) >= 11 is 0. The number of hydrogen-bond acceptors (Lipinski definition) is 2. The second kappa shape index (κ2) is 5.90. The first kappa shape index (κ1) is 14.6. The normalized spacial score (nSPS) is 25.9. The van der Waals surface area contributed by atoms with Gasteiger partial charge in [-0.2, -0.15) is 0 Å². The Bertz CT molecular complexity index is 370. The molecule has 0 radical (unpaired) electrons. The number of carbonyl (C=O) groups is 2. The average molecular weight is 250 g/mol. The van der Waals surface area contributed by atoms with E-state index in [0.717, 1.165) is 0 Å². The van der Waals surface area contributed by atoms with Gasteiger partial charge in [-0.25, -0.2) is 0 Å². The Morgan fingerprint density at radius 2 is 2.00 bits per heavy atom. The molecular weight excluding hydrogens is 228 g/mol. The van der Waals surface area contributed by atoms with E-state index in [0.29, 0.717) is 18.8 Å². The topological polar surface area (TPSA) is 49.4 Å². The summed E-state index contributed by atoms with van der Waals surface area (Å²) in [6.45, 7) is 7.70.